The lowest BCUT2D eigenvalue weighted by molar-refractivity contribution is -0.138. The highest BCUT2D eigenvalue weighted by atomic mass is 32.2. The predicted molar refractivity (Wildman–Crippen MR) is 84.4 cm³/mol. The molecule has 2 rings (SSSR count). The minimum atomic E-state index is -1.02. The fourth-order valence-corrected chi connectivity index (χ4v) is 2.66. The smallest absolute Gasteiger partial charge is 0.305 e. The first-order valence-corrected chi connectivity index (χ1v) is 7.33. The molecule has 0 aliphatic carbocycles. The van der Waals surface area contributed by atoms with Crippen LogP contribution in [0.4, 0.5) is 0 Å². The number of carboxylic acids is 1. The average Bonchev–Trinajstić information content (AvgIpc) is 2.84. The first kappa shape index (κ1) is 16.0. The molecule has 2 N–H and O–H groups in total. The van der Waals surface area contributed by atoms with Crippen LogP contribution in [0.3, 0.4) is 0 Å². The van der Waals surface area contributed by atoms with Gasteiger partial charge in [0.1, 0.15) is 11.0 Å². The summed E-state index contributed by atoms with van der Waals surface area (Å²) in [5.74, 6) is -0.631. The van der Waals surface area contributed by atoms with E-state index in [4.69, 9.17) is 9.84 Å². The van der Waals surface area contributed by atoms with Crippen LogP contribution in [0.15, 0.2) is 34.5 Å². The predicted octanol–water partition coefficient (Wildman–Crippen LogP) is 1.48. The lowest BCUT2D eigenvalue weighted by atomic mass is 10.1. The van der Waals surface area contributed by atoms with Crippen LogP contribution in [0.5, 0.6) is 5.75 Å². The number of ether oxygens (including phenoxy) is 1. The molecule has 22 heavy (non-hydrogen) atoms. The molecule has 7 nitrogen and oxygen atoms in total. The van der Waals surface area contributed by atoms with Crippen molar-refractivity contribution >= 4 is 34.5 Å². The van der Waals surface area contributed by atoms with Gasteiger partial charge in [-0.25, -0.2) is 0 Å². The standard InChI is InChI=1S/C14H15N3O4S/c1-8(9-3-5-10(21-2)6-4-9)16-17-14-15-13(20)11(22-14)7-12(18)19/h3-6,11H,7H2,1-2H3,(H,18,19)(H,15,17,20)/b16-8-/t11-/m0/s1. The third-order valence-corrected chi connectivity index (χ3v) is 4.01. The molecule has 0 bridgehead atoms. The summed E-state index contributed by atoms with van der Waals surface area (Å²) < 4.78 is 5.08. The van der Waals surface area contributed by atoms with Gasteiger partial charge in [0, 0.05) is 0 Å². The van der Waals surface area contributed by atoms with Gasteiger partial charge in [0.15, 0.2) is 5.17 Å². The fourth-order valence-electron chi connectivity index (χ4n) is 1.76. The Morgan fingerprint density at radius 2 is 2.09 bits per heavy atom. The van der Waals surface area contributed by atoms with E-state index in [1.807, 2.05) is 24.3 Å². The molecule has 116 valence electrons. The van der Waals surface area contributed by atoms with Crippen LogP contribution in [-0.4, -0.2) is 40.2 Å². The summed E-state index contributed by atoms with van der Waals surface area (Å²) in [7, 11) is 1.59. The maximum absolute atomic E-state index is 11.6. The lowest BCUT2D eigenvalue weighted by Crippen LogP contribution is -2.26. The molecule has 0 spiro atoms. The molecule has 1 fully saturated rings. The molecule has 1 atom stereocenters. The number of carbonyl (C=O) groups is 2. The summed E-state index contributed by atoms with van der Waals surface area (Å²) in [6, 6.07) is 7.34. The second-order valence-corrected chi connectivity index (χ2v) is 5.70. The van der Waals surface area contributed by atoms with Gasteiger partial charge in [-0.15, -0.1) is 5.10 Å². The summed E-state index contributed by atoms with van der Waals surface area (Å²) >= 11 is 1.07. The van der Waals surface area contributed by atoms with Crippen LogP contribution in [0.25, 0.3) is 0 Å². The van der Waals surface area contributed by atoms with E-state index >= 15 is 0 Å². The van der Waals surface area contributed by atoms with Crippen LogP contribution in [0.1, 0.15) is 18.9 Å². The molecular formula is C14H15N3O4S. The number of rotatable bonds is 5. The van der Waals surface area contributed by atoms with E-state index in [2.05, 4.69) is 15.5 Å². The zero-order valence-electron chi connectivity index (χ0n) is 12.1. The number of thioether (sulfide) groups is 1. The molecule has 0 aromatic heterocycles. The highest BCUT2D eigenvalue weighted by Gasteiger charge is 2.32. The Morgan fingerprint density at radius 3 is 2.68 bits per heavy atom. The molecule has 1 aromatic carbocycles. The monoisotopic (exact) mass is 321 g/mol. The van der Waals surface area contributed by atoms with Crippen molar-refractivity contribution in [2.75, 3.05) is 7.11 Å². The second-order valence-electron chi connectivity index (χ2n) is 4.51. The molecule has 0 unspecified atom stereocenters. The van der Waals surface area contributed by atoms with Crippen LogP contribution < -0.4 is 10.1 Å². The van der Waals surface area contributed by atoms with Crippen LogP contribution in [0.2, 0.25) is 0 Å². The molecular weight excluding hydrogens is 306 g/mol. The Labute approximate surface area is 131 Å². The zero-order valence-corrected chi connectivity index (χ0v) is 12.9. The SMILES string of the molecule is COc1ccc(/C(C)=N\N=C2\NC(=O)[C@H](CC(=O)O)S2)cc1. The Balaban J connectivity index is 2.06. The van der Waals surface area contributed by atoms with E-state index in [9.17, 15) is 9.59 Å². The number of hydrogen-bond acceptors (Lipinski definition) is 6. The maximum atomic E-state index is 11.6. The molecule has 1 aromatic rings. The quantitative estimate of drug-likeness (QED) is 0.632. The molecule has 0 radical (unpaired) electrons. The van der Waals surface area contributed by atoms with E-state index in [1.54, 1.807) is 14.0 Å². The number of methoxy groups -OCH3 is 1. The average molecular weight is 321 g/mol. The first-order chi connectivity index (χ1) is 10.5. The van der Waals surface area contributed by atoms with Crippen molar-refractivity contribution in [2.45, 2.75) is 18.6 Å². The van der Waals surface area contributed by atoms with Gasteiger partial charge in [0.05, 0.1) is 19.2 Å². The topological polar surface area (TPSA) is 100 Å². The van der Waals surface area contributed by atoms with E-state index in [1.165, 1.54) is 0 Å². The van der Waals surface area contributed by atoms with E-state index in [0.717, 1.165) is 23.1 Å². The van der Waals surface area contributed by atoms with Crippen LogP contribution >= 0.6 is 11.8 Å². The minimum absolute atomic E-state index is 0.239. The number of aliphatic carboxylic acids is 1. The summed E-state index contributed by atoms with van der Waals surface area (Å²) in [6.07, 6.45) is -0.239. The number of nitrogens with zero attached hydrogens (tertiary/aromatic N) is 2. The number of amidine groups is 1. The minimum Gasteiger partial charge on any atom is -0.497 e. The molecule has 0 saturated carbocycles. The summed E-state index contributed by atoms with van der Waals surface area (Å²) in [5, 5.41) is 18.9. The molecule has 1 amide bonds. The second kappa shape index (κ2) is 7.08. The highest BCUT2D eigenvalue weighted by Crippen LogP contribution is 2.22. The van der Waals surface area contributed by atoms with Crippen molar-refractivity contribution in [3.63, 3.8) is 0 Å². The number of amides is 1. The van der Waals surface area contributed by atoms with Crippen molar-refractivity contribution in [3.05, 3.63) is 29.8 Å². The van der Waals surface area contributed by atoms with Crippen LogP contribution in [0, 0.1) is 0 Å². The Kier molecular flexibility index (Phi) is 5.16. The Hall–Kier alpha value is -2.35. The lowest BCUT2D eigenvalue weighted by Gasteiger charge is -2.01. The van der Waals surface area contributed by atoms with Gasteiger partial charge in [0.2, 0.25) is 5.91 Å². The number of carboxylic acid groups (broad SMARTS) is 1. The first-order valence-electron chi connectivity index (χ1n) is 6.45. The summed E-state index contributed by atoms with van der Waals surface area (Å²) in [6.45, 7) is 1.79. The van der Waals surface area contributed by atoms with Gasteiger partial charge in [-0.3, -0.25) is 9.59 Å². The fraction of sp³-hybridized carbons (Fsp3) is 0.286. The summed E-state index contributed by atoms with van der Waals surface area (Å²) in [5.41, 5.74) is 1.55. The van der Waals surface area contributed by atoms with Gasteiger partial charge in [-0.2, -0.15) is 5.10 Å². The van der Waals surface area contributed by atoms with Gasteiger partial charge in [-0.05, 0) is 36.8 Å². The van der Waals surface area contributed by atoms with Crippen LogP contribution in [-0.2, 0) is 9.59 Å². The Morgan fingerprint density at radius 1 is 1.41 bits per heavy atom. The summed E-state index contributed by atoms with van der Waals surface area (Å²) in [4.78, 5) is 22.2. The number of benzene rings is 1. The zero-order chi connectivity index (χ0) is 16.1. The van der Waals surface area contributed by atoms with Gasteiger partial charge < -0.3 is 15.2 Å². The molecule has 8 heteroatoms. The largest absolute Gasteiger partial charge is 0.497 e. The van der Waals surface area contributed by atoms with E-state index in [-0.39, 0.29) is 12.3 Å². The molecule has 1 heterocycles. The van der Waals surface area contributed by atoms with Gasteiger partial charge in [-0.1, -0.05) is 11.8 Å². The number of carbonyl (C=O) groups excluding carboxylic acids is 1. The van der Waals surface area contributed by atoms with Crippen molar-refractivity contribution < 1.29 is 19.4 Å². The van der Waals surface area contributed by atoms with Gasteiger partial charge in [0.25, 0.3) is 0 Å². The normalized spacial score (nSPS) is 20.1. The van der Waals surface area contributed by atoms with E-state index < -0.39 is 11.2 Å². The highest BCUT2D eigenvalue weighted by molar-refractivity contribution is 8.15. The van der Waals surface area contributed by atoms with Crippen molar-refractivity contribution in [2.24, 2.45) is 10.2 Å². The number of hydrogen-bond donors (Lipinski definition) is 2. The number of nitrogens with one attached hydrogen (secondary N) is 1. The van der Waals surface area contributed by atoms with Crippen molar-refractivity contribution in [1.82, 2.24) is 5.32 Å². The molecule has 1 aliphatic heterocycles. The van der Waals surface area contributed by atoms with Crippen molar-refractivity contribution in [1.29, 1.82) is 0 Å². The molecule has 1 saturated heterocycles. The molecule has 1 aliphatic rings. The van der Waals surface area contributed by atoms with Crippen molar-refractivity contribution in [3.8, 4) is 5.75 Å². The third kappa shape index (κ3) is 4.08. The maximum Gasteiger partial charge on any atom is 0.305 e. The van der Waals surface area contributed by atoms with E-state index in [0.29, 0.717) is 10.9 Å². The third-order valence-electron chi connectivity index (χ3n) is 2.94. The van der Waals surface area contributed by atoms with Gasteiger partial charge >= 0.3 is 5.97 Å². The Bertz CT molecular complexity index is 640.